The second-order valence-electron chi connectivity index (χ2n) is 5.87. The van der Waals surface area contributed by atoms with Crippen molar-refractivity contribution in [2.24, 2.45) is 5.73 Å². The van der Waals surface area contributed by atoms with Crippen molar-refractivity contribution in [1.29, 1.82) is 0 Å². The first-order valence-electron chi connectivity index (χ1n) is 8.00. The number of benzene rings is 1. The van der Waals surface area contributed by atoms with E-state index in [1.165, 1.54) is 26.2 Å². The Hall–Kier alpha value is -2.48. The molecule has 1 amide bonds. The van der Waals surface area contributed by atoms with Gasteiger partial charge in [0.1, 0.15) is 6.04 Å². The van der Waals surface area contributed by atoms with Crippen LogP contribution in [0.3, 0.4) is 0 Å². The maximum absolute atomic E-state index is 12.5. The second kappa shape index (κ2) is 8.06. The van der Waals surface area contributed by atoms with Crippen LogP contribution >= 0.6 is 0 Å². The summed E-state index contributed by atoms with van der Waals surface area (Å²) in [6, 6.07) is 1.82. The summed E-state index contributed by atoms with van der Waals surface area (Å²) in [5.41, 5.74) is 6.79. The molecule has 2 atom stereocenters. The molecule has 0 unspecified atom stereocenters. The molecule has 1 aliphatic heterocycles. The lowest BCUT2D eigenvalue weighted by Gasteiger charge is -2.25. The lowest BCUT2D eigenvalue weighted by molar-refractivity contribution is -0.148. The molecule has 1 aromatic rings. The van der Waals surface area contributed by atoms with Crippen LogP contribution in [-0.4, -0.2) is 61.8 Å². The number of carbonyl (C=O) groups is 2. The van der Waals surface area contributed by atoms with Gasteiger partial charge in [-0.1, -0.05) is 0 Å². The number of hydrogen-bond donors (Lipinski definition) is 2. The Morgan fingerprint density at radius 1 is 1.24 bits per heavy atom. The van der Waals surface area contributed by atoms with Gasteiger partial charge in [-0.05, 0) is 37.0 Å². The molecule has 25 heavy (non-hydrogen) atoms. The first-order valence-corrected chi connectivity index (χ1v) is 8.00. The van der Waals surface area contributed by atoms with Gasteiger partial charge in [-0.3, -0.25) is 4.79 Å². The Morgan fingerprint density at radius 2 is 1.84 bits per heavy atom. The number of amides is 1. The van der Waals surface area contributed by atoms with E-state index < -0.39 is 18.1 Å². The fraction of sp³-hybridized carbons (Fsp3) is 0.529. The fourth-order valence-corrected chi connectivity index (χ4v) is 3.09. The van der Waals surface area contributed by atoms with E-state index in [0.717, 1.165) is 5.56 Å². The predicted octanol–water partition coefficient (Wildman–Crippen LogP) is 0.658. The van der Waals surface area contributed by atoms with Crippen molar-refractivity contribution < 1.29 is 28.9 Å². The van der Waals surface area contributed by atoms with Crippen LogP contribution in [0.2, 0.25) is 0 Å². The Morgan fingerprint density at radius 3 is 2.32 bits per heavy atom. The molecule has 1 fully saturated rings. The van der Waals surface area contributed by atoms with Crippen molar-refractivity contribution in [3.8, 4) is 17.2 Å². The van der Waals surface area contributed by atoms with Crippen LogP contribution in [0, 0.1) is 0 Å². The fourth-order valence-electron chi connectivity index (χ4n) is 3.09. The van der Waals surface area contributed by atoms with Crippen LogP contribution < -0.4 is 19.9 Å². The number of ether oxygens (including phenoxy) is 3. The van der Waals surface area contributed by atoms with E-state index in [-0.39, 0.29) is 12.3 Å². The SMILES string of the molecule is COc1cc(C[C@H](N)C(=O)N2CCC[C@H]2C(=O)O)cc(OC)c1OC. The summed E-state index contributed by atoms with van der Waals surface area (Å²) in [5, 5.41) is 9.22. The van der Waals surface area contributed by atoms with Gasteiger partial charge in [0, 0.05) is 6.54 Å². The Labute approximate surface area is 146 Å². The summed E-state index contributed by atoms with van der Waals surface area (Å²) in [6.45, 7) is 0.415. The third-order valence-electron chi connectivity index (χ3n) is 4.32. The van der Waals surface area contributed by atoms with Crippen LogP contribution in [0.15, 0.2) is 12.1 Å². The van der Waals surface area contributed by atoms with E-state index in [1.54, 1.807) is 12.1 Å². The number of carboxylic acids is 1. The third-order valence-corrected chi connectivity index (χ3v) is 4.32. The van der Waals surface area contributed by atoms with Crippen molar-refractivity contribution in [3.05, 3.63) is 17.7 Å². The maximum atomic E-state index is 12.5. The number of nitrogens with two attached hydrogens (primary N) is 1. The minimum Gasteiger partial charge on any atom is -0.493 e. The highest BCUT2D eigenvalue weighted by molar-refractivity contribution is 5.87. The average molecular weight is 352 g/mol. The molecule has 1 aromatic carbocycles. The van der Waals surface area contributed by atoms with E-state index in [0.29, 0.717) is 36.6 Å². The monoisotopic (exact) mass is 352 g/mol. The summed E-state index contributed by atoms with van der Waals surface area (Å²) in [7, 11) is 4.52. The Kier molecular flexibility index (Phi) is 6.08. The summed E-state index contributed by atoms with van der Waals surface area (Å²) in [4.78, 5) is 25.2. The first kappa shape index (κ1) is 18.9. The first-order chi connectivity index (χ1) is 11.9. The van der Waals surface area contributed by atoms with Crippen LogP contribution in [0.5, 0.6) is 17.2 Å². The molecular formula is C17H24N2O6. The Balaban J connectivity index is 2.18. The number of hydrogen-bond acceptors (Lipinski definition) is 6. The molecule has 1 heterocycles. The standard InChI is InChI=1S/C17H24N2O6/c1-23-13-8-10(9-14(24-2)15(13)25-3)7-11(18)16(20)19-6-4-5-12(19)17(21)22/h8-9,11-12H,4-7,18H2,1-3H3,(H,21,22)/t11-,12-/m0/s1. The molecule has 1 saturated heterocycles. The summed E-state index contributed by atoms with van der Waals surface area (Å²) >= 11 is 0. The second-order valence-corrected chi connectivity index (χ2v) is 5.87. The molecular weight excluding hydrogens is 328 g/mol. The average Bonchev–Trinajstić information content (AvgIpc) is 3.09. The number of methoxy groups -OCH3 is 3. The van der Waals surface area contributed by atoms with Crippen molar-refractivity contribution in [3.63, 3.8) is 0 Å². The van der Waals surface area contributed by atoms with Gasteiger partial charge in [-0.15, -0.1) is 0 Å². The molecule has 0 radical (unpaired) electrons. The third kappa shape index (κ3) is 3.96. The zero-order valence-corrected chi connectivity index (χ0v) is 14.7. The van der Waals surface area contributed by atoms with Gasteiger partial charge in [0.15, 0.2) is 11.5 Å². The van der Waals surface area contributed by atoms with E-state index in [1.807, 2.05) is 0 Å². The number of aliphatic carboxylic acids is 1. The van der Waals surface area contributed by atoms with Gasteiger partial charge < -0.3 is 30.0 Å². The number of carbonyl (C=O) groups excluding carboxylic acids is 1. The molecule has 0 saturated carbocycles. The zero-order valence-electron chi connectivity index (χ0n) is 14.7. The maximum Gasteiger partial charge on any atom is 0.326 e. The summed E-state index contributed by atoms with van der Waals surface area (Å²) in [5.74, 6) is 0.0470. The minimum atomic E-state index is -0.995. The van der Waals surface area contributed by atoms with Gasteiger partial charge in [0.25, 0.3) is 0 Å². The number of likely N-dealkylation sites (tertiary alicyclic amines) is 1. The van der Waals surface area contributed by atoms with Crippen molar-refractivity contribution in [2.75, 3.05) is 27.9 Å². The van der Waals surface area contributed by atoms with Gasteiger partial charge in [-0.2, -0.15) is 0 Å². The van der Waals surface area contributed by atoms with Crippen molar-refractivity contribution in [2.45, 2.75) is 31.3 Å². The quantitative estimate of drug-likeness (QED) is 0.741. The van der Waals surface area contributed by atoms with Crippen LogP contribution in [0.25, 0.3) is 0 Å². The van der Waals surface area contributed by atoms with E-state index in [9.17, 15) is 14.7 Å². The van der Waals surface area contributed by atoms with E-state index in [4.69, 9.17) is 19.9 Å². The molecule has 2 rings (SSSR count). The number of rotatable bonds is 7. The molecule has 0 aliphatic carbocycles. The lowest BCUT2D eigenvalue weighted by atomic mass is 10.0. The number of carboxylic acid groups (broad SMARTS) is 1. The van der Waals surface area contributed by atoms with E-state index >= 15 is 0 Å². The van der Waals surface area contributed by atoms with E-state index in [2.05, 4.69) is 0 Å². The minimum absolute atomic E-state index is 0.235. The lowest BCUT2D eigenvalue weighted by Crippen LogP contribution is -2.49. The van der Waals surface area contributed by atoms with Gasteiger partial charge in [0.2, 0.25) is 11.7 Å². The van der Waals surface area contributed by atoms with Crippen molar-refractivity contribution >= 4 is 11.9 Å². The van der Waals surface area contributed by atoms with Crippen molar-refractivity contribution in [1.82, 2.24) is 4.90 Å². The smallest absolute Gasteiger partial charge is 0.326 e. The zero-order chi connectivity index (χ0) is 18.6. The van der Waals surface area contributed by atoms with Crippen LogP contribution in [-0.2, 0) is 16.0 Å². The molecule has 0 spiro atoms. The topological polar surface area (TPSA) is 111 Å². The molecule has 3 N–H and O–H groups in total. The summed E-state index contributed by atoms with van der Waals surface area (Å²) in [6.07, 6.45) is 1.36. The molecule has 138 valence electrons. The summed E-state index contributed by atoms with van der Waals surface area (Å²) < 4.78 is 15.8. The van der Waals surface area contributed by atoms with Gasteiger partial charge in [0.05, 0.1) is 27.4 Å². The Bertz CT molecular complexity index is 623. The van der Waals surface area contributed by atoms with Crippen LogP contribution in [0.4, 0.5) is 0 Å². The molecule has 0 bridgehead atoms. The highest BCUT2D eigenvalue weighted by atomic mass is 16.5. The molecule has 8 heteroatoms. The normalized spacial score (nSPS) is 17.9. The predicted molar refractivity (Wildman–Crippen MR) is 90.1 cm³/mol. The van der Waals surface area contributed by atoms with Gasteiger partial charge >= 0.3 is 5.97 Å². The van der Waals surface area contributed by atoms with Crippen LogP contribution in [0.1, 0.15) is 18.4 Å². The molecule has 0 aromatic heterocycles. The largest absolute Gasteiger partial charge is 0.493 e. The highest BCUT2D eigenvalue weighted by Gasteiger charge is 2.36. The number of nitrogens with zero attached hydrogens (tertiary/aromatic N) is 1. The molecule has 1 aliphatic rings. The molecule has 8 nitrogen and oxygen atoms in total. The highest BCUT2D eigenvalue weighted by Crippen LogP contribution is 2.38. The van der Waals surface area contributed by atoms with Gasteiger partial charge in [-0.25, -0.2) is 4.79 Å².